The highest BCUT2D eigenvalue weighted by Crippen LogP contribution is 2.34. The maximum atomic E-state index is 13.4. The number of amides is 1. The van der Waals surface area contributed by atoms with Gasteiger partial charge in [0.15, 0.2) is 0 Å². The lowest BCUT2D eigenvalue weighted by Gasteiger charge is -2.37. The van der Waals surface area contributed by atoms with Crippen molar-refractivity contribution in [1.29, 1.82) is 0 Å². The van der Waals surface area contributed by atoms with Crippen LogP contribution in [-0.4, -0.2) is 60.1 Å². The van der Waals surface area contributed by atoms with Crippen molar-refractivity contribution < 1.29 is 9.53 Å². The molecule has 0 bridgehead atoms. The lowest BCUT2D eigenvalue weighted by atomic mass is 10.1. The Labute approximate surface area is 161 Å². The SMILES string of the molecule is COc1cccc2c(C(=O)N3CCN(C)[C@H](C)C3)cn(CC3CCCC3)c12. The molecular formula is C22H31N3O2. The first-order chi connectivity index (χ1) is 13.1. The first-order valence-corrected chi connectivity index (χ1v) is 10.2. The molecule has 5 nitrogen and oxygen atoms in total. The summed E-state index contributed by atoms with van der Waals surface area (Å²) in [6.07, 6.45) is 7.30. The number of aromatic nitrogens is 1. The Kier molecular flexibility index (Phi) is 5.13. The van der Waals surface area contributed by atoms with Crippen LogP contribution in [0.4, 0.5) is 0 Å². The van der Waals surface area contributed by atoms with Crippen LogP contribution >= 0.6 is 0 Å². The van der Waals surface area contributed by atoms with Gasteiger partial charge in [-0.15, -0.1) is 0 Å². The molecule has 1 atom stereocenters. The molecule has 146 valence electrons. The number of carbonyl (C=O) groups is 1. The van der Waals surface area contributed by atoms with Gasteiger partial charge in [0.2, 0.25) is 0 Å². The molecule has 0 radical (unpaired) electrons. The number of rotatable bonds is 4. The summed E-state index contributed by atoms with van der Waals surface area (Å²) in [5, 5.41) is 1.02. The maximum Gasteiger partial charge on any atom is 0.256 e. The highest BCUT2D eigenvalue weighted by Gasteiger charge is 2.28. The maximum absolute atomic E-state index is 13.4. The van der Waals surface area contributed by atoms with Gasteiger partial charge < -0.3 is 19.1 Å². The average Bonchev–Trinajstić information content (AvgIpc) is 3.32. The molecular weight excluding hydrogens is 338 g/mol. The van der Waals surface area contributed by atoms with Crippen LogP contribution < -0.4 is 4.74 Å². The molecule has 2 aromatic rings. The van der Waals surface area contributed by atoms with E-state index in [2.05, 4.69) is 35.7 Å². The second kappa shape index (κ2) is 7.55. The third kappa shape index (κ3) is 3.45. The number of hydrogen-bond donors (Lipinski definition) is 0. The van der Waals surface area contributed by atoms with E-state index in [0.29, 0.717) is 12.0 Å². The molecule has 1 aromatic carbocycles. The van der Waals surface area contributed by atoms with Crippen LogP contribution in [0.2, 0.25) is 0 Å². The van der Waals surface area contributed by atoms with Crippen molar-refractivity contribution in [2.75, 3.05) is 33.8 Å². The summed E-state index contributed by atoms with van der Waals surface area (Å²) in [6, 6.07) is 6.45. The molecule has 1 saturated carbocycles. The lowest BCUT2D eigenvalue weighted by molar-refractivity contribution is 0.0574. The van der Waals surface area contributed by atoms with Crippen molar-refractivity contribution in [3.63, 3.8) is 0 Å². The predicted octanol–water partition coefficient (Wildman–Crippen LogP) is 3.62. The fourth-order valence-corrected chi connectivity index (χ4v) is 4.68. The molecule has 1 aliphatic carbocycles. The quantitative estimate of drug-likeness (QED) is 0.826. The summed E-state index contributed by atoms with van der Waals surface area (Å²) < 4.78 is 7.92. The Morgan fingerprint density at radius 3 is 2.70 bits per heavy atom. The van der Waals surface area contributed by atoms with E-state index in [-0.39, 0.29) is 5.91 Å². The van der Waals surface area contributed by atoms with E-state index in [1.807, 2.05) is 17.0 Å². The summed E-state index contributed by atoms with van der Waals surface area (Å²) in [5.74, 6) is 1.71. The zero-order valence-corrected chi connectivity index (χ0v) is 16.8. The highest BCUT2D eigenvalue weighted by atomic mass is 16.5. The molecule has 1 aliphatic heterocycles. The largest absolute Gasteiger partial charge is 0.495 e. The van der Waals surface area contributed by atoms with E-state index in [4.69, 9.17) is 4.74 Å². The van der Waals surface area contributed by atoms with Crippen LogP contribution in [0.25, 0.3) is 10.9 Å². The van der Waals surface area contributed by atoms with Crippen molar-refractivity contribution in [3.05, 3.63) is 30.0 Å². The van der Waals surface area contributed by atoms with Crippen LogP contribution in [0.1, 0.15) is 43.0 Å². The number of piperazine rings is 1. The predicted molar refractivity (Wildman–Crippen MR) is 108 cm³/mol. The zero-order valence-electron chi connectivity index (χ0n) is 16.8. The first kappa shape index (κ1) is 18.4. The van der Waals surface area contributed by atoms with Crippen LogP contribution in [-0.2, 0) is 6.54 Å². The van der Waals surface area contributed by atoms with Gasteiger partial charge in [-0.2, -0.15) is 0 Å². The van der Waals surface area contributed by atoms with Crippen LogP contribution in [0.15, 0.2) is 24.4 Å². The molecule has 2 heterocycles. The summed E-state index contributed by atoms with van der Waals surface area (Å²) in [6.45, 7) is 5.67. The first-order valence-electron chi connectivity index (χ1n) is 10.2. The van der Waals surface area contributed by atoms with Gasteiger partial charge >= 0.3 is 0 Å². The Balaban J connectivity index is 1.70. The lowest BCUT2D eigenvalue weighted by Crippen LogP contribution is -2.52. The molecule has 4 rings (SSSR count). The fourth-order valence-electron chi connectivity index (χ4n) is 4.68. The van der Waals surface area contributed by atoms with Crippen LogP contribution in [0.3, 0.4) is 0 Å². The van der Waals surface area contributed by atoms with E-state index in [1.54, 1.807) is 7.11 Å². The van der Waals surface area contributed by atoms with E-state index < -0.39 is 0 Å². The normalized spacial score (nSPS) is 21.9. The molecule has 1 saturated heterocycles. The Morgan fingerprint density at radius 1 is 1.22 bits per heavy atom. The number of methoxy groups -OCH3 is 1. The minimum Gasteiger partial charge on any atom is -0.495 e. The number of para-hydroxylation sites is 1. The zero-order chi connectivity index (χ0) is 19.0. The minimum atomic E-state index is 0.151. The fraction of sp³-hybridized carbons (Fsp3) is 0.591. The summed E-state index contributed by atoms with van der Waals surface area (Å²) >= 11 is 0. The molecule has 0 spiro atoms. The Bertz CT molecular complexity index is 822. The third-order valence-electron chi connectivity index (χ3n) is 6.49. The van der Waals surface area contributed by atoms with Crippen molar-refractivity contribution in [2.24, 2.45) is 5.92 Å². The summed E-state index contributed by atoms with van der Waals surface area (Å²) in [4.78, 5) is 17.7. The van der Waals surface area contributed by atoms with Crippen molar-refractivity contribution >= 4 is 16.8 Å². The monoisotopic (exact) mass is 369 g/mol. The van der Waals surface area contributed by atoms with Gasteiger partial charge in [0, 0.05) is 43.8 Å². The van der Waals surface area contributed by atoms with E-state index in [9.17, 15) is 4.79 Å². The third-order valence-corrected chi connectivity index (χ3v) is 6.49. The number of benzene rings is 1. The number of likely N-dealkylation sites (N-methyl/N-ethyl adjacent to an activating group) is 1. The van der Waals surface area contributed by atoms with E-state index in [0.717, 1.165) is 48.4 Å². The van der Waals surface area contributed by atoms with Gasteiger partial charge in [0.05, 0.1) is 18.2 Å². The molecule has 5 heteroatoms. The smallest absolute Gasteiger partial charge is 0.256 e. The Morgan fingerprint density at radius 2 is 2.00 bits per heavy atom. The van der Waals surface area contributed by atoms with Crippen molar-refractivity contribution in [3.8, 4) is 5.75 Å². The topological polar surface area (TPSA) is 37.7 Å². The van der Waals surface area contributed by atoms with E-state index in [1.165, 1.54) is 25.7 Å². The molecule has 0 unspecified atom stereocenters. The van der Waals surface area contributed by atoms with Crippen molar-refractivity contribution in [2.45, 2.75) is 45.2 Å². The number of hydrogen-bond acceptors (Lipinski definition) is 3. The van der Waals surface area contributed by atoms with Gasteiger partial charge in [0.25, 0.3) is 5.91 Å². The Hall–Kier alpha value is -2.01. The van der Waals surface area contributed by atoms with Crippen LogP contribution in [0, 0.1) is 5.92 Å². The van der Waals surface area contributed by atoms with Gasteiger partial charge in [-0.3, -0.25) is 4.79 Å². The highest BCUT2D eigenvalue weighted by molar-refractivity contribution is 6.08. The van der Waals surface area contributed by atoms with Crippen molar-refractivity contribution in [1.82, 2.24) is 14.4 Å². The number of fused-ring (bicyclic) bond motifs is 1. The molecule has 0 N–H and O–H groups in total. The van der Waals surface area contributed by atoms with Gasteiger partial charge in [-0.25, -0.2) is 0 Å². The second-order valence-corrected chi connectivity index (χ2v) is 8.28. The van der Waals surface area contributed by atoms with Gasteiger partial charge in [-0.05, 0) is 38.8 Å². The van der Waals surface area contributed by atoms with Gasteiger partial charge in [0.1, 0.15) is 5.75 Å². The number of nitrogens with zero attached hydrogens (tertiary/aromatic N) is 3. The van der Waals surface area contributed by atoms with Crippen LogP contribution in [0.5, 0.6) is 5.75 Å². The average molecular weight is 370 g/mol. The molecule has 1 amide bonds. The number of ether oxygens (including phenoxy) is 1. The summed E-state index contributed by atoms with van der Waals surface area (Å²) in [5.41, 5.74) is 1.89. The molecule has 1 aromatic heterocycles. The molecule has 2 aliphatic rings. The molecule has 2 fully saturated rings. The number of carbonyl (C=O) groups excluding carboxylic acids is 1. The standard InChI is InChI=1S/C22H31N3O2/c1-16-13-24(12-11-23(16)2)22(26)19-15-25(14-17-7-4-5-8-17)21-18(19)9-6-10-20(21)27-3/h6,9-10,15-17H,4-5,7-8,11-14H2,1-3H3/t16-/m1/s1. The van der Waals surface area contributed by atoms with E-state index >= 15 is 0 Å². The van der Waals surface area contributed by atoms with Gasteiger partial charge in [-0.1, -0.05) is 25.0 Å². The molecule has 27 heavy (non-hydrogen) atoms. The summed E-state index contributed by atoms with van der Waals surface area (Å²) in [7, 11) is 3.84. The minimum absolute atomic E-state index is 0.151. The second-order valence-electron chi connectivity index (χ2n) is 8.28.